The number of aliphatic carboxylic acids is 1. The number of hydrogen-bond donors (Lipinski definition) is 1. The van der Waals surface area contributed by atoms with Crippen molar-refractivity contribution in [2.45, 2.75) is 90.2 Å². The number of benzene rings is 2. The third kappa shape index (κ3) is 7.70. The fourth-order valence-electron chi connectivity index (χ4n) is 6.92. The maximum atomic E-state index is 14.2. The highest BCUT2D eigenvalue weighted by atomic mass is 16.5. The van der Waals surface area contributed by atoms with Gasteiger partial charge in [0.2, 0.25) is 5.91 Å². The van der Waals surface area contributed by atoms with Crippen molar-refractivity contribution >= 4 is 17.6 Å². The van der Waals surface area contributed by atoms with Crippen LogP contribution in [0.15, 0.2) is 54.9 Å². The number of carboxylic acids is 1. The van der Waals surface area contributed by atoms with Crippen molar-refractivity contribution in [2.75, 3.05) is 25.2 Å². The number of aromatic nitrogens is 2. The minimum atomic E-state index is -0.954. The van der Waals surface area contributed by atoms with Gasteiger partial charge in [0.1, 0.15) is 12.4 Å². The van der Waals surface area contributed by atoms with Gasteiger partial charge in [-0.25, -0.2) is 4.79 Å². The van der Waals surface area contributed by atoms with Crippen LogP contribution in [-0.2, 0) is 14.3 Å². The lowest BCUT2D eigenvalue weighted by molar-refractivity contribution is -0.145. The molecule has 3 aromatic rings. The van der Waals surface area contributed by atoms with Gasteiger partial charge in [0.15, 0.2) is 0 Å². The summed E-state index contributed by atoms with van der Waals surface area (Å²) in [6.07, 6.45) is 11.1. The Hall–Kier alpha value is -3.65. The van der Waals surface area contributed by atoms with Crippen molar-refractivity contribution in [3.05, 3.63) is 66.0 Å². The number of nitrogens with zero attached hydrogens (tertiary/aromatic N) is 3. The lowest BCUT2D eigenvalue weighted by Crippen LogP contribution is -2.42. The van der Waals surface area contributed by atoms with E-state index in [1.54, 1.807) is 7.11 Å². The van der Waals surface area contributed by atoms with Gasteiger partial charge >= 0.3 is 5.97 Å². The van der Waals surface area contributed by atoms with Crippen molar-refractivity contribution in [2.24, 2.45) is 11.8 Å². The van der Waals surface area contributed by atoms with Crippen LogP contribution in [0.1, 0.15) is 88.3 Å². The summed E-state index contributed by atoms with van der Waals surface area (Å²) in [5, 5.41) is 13.5. The van der Waals surface area contributed by atoms with Gasteiger partial charge < -0.3 is 19.5 Å². The molecule has 0 saturated heterocycles. The van der Waals surface area contributed by atoms with E-state index in [4.69, 9.17) is 14.6 Å². The molecule has 1 heterocycles. The van der Waals surface area contributed by atoms with Gasteiger partial charge in [-0.3, -0.25) is 9.48 Å². The average Bonchev–Trinajstić information content (AvgIpc) is 3.54. The van der Waals surface area contributed by atoms with Crippen LogP contribution in [0.4, 0.5) is 5.69 Å². The Morgan fingerprint density at radius 3 is 2.39 bits per heavy atom. The van der Waals surface area contributed by atoms with E-state index in [0.29, 0.717) is 44.1 Å². The molecule has 8 heteroatoms. The van der Waals surface area contributed by atoms with E-state index in [0.717, 1.165) is 48.2 Å². The van der Waals surface area contributed by atoms with Gasteiger partial charge in [-0.2, -0.15) is 5.10 Å². The number of carbonyl (C=O) groups is 2. The SMILES string of the molecule is COc1ccc(C2CCC(CN(C(=O)C3CCC(OCC(=O)O)CC3)c3cccc(-c4cnn(C(C)C)c4)c3)CC2)cc1C. The minimum Gasteiger partial charge on any atom is -0.496 e. The predicted molar refractivity (Wildman–Crippen MR) is 172 cm³/mol. The fraction of sp³-hybridized carbons (Fsp3) is 0.528. The summed E-state index contributed by atoms with van der Waals surface area (Å²) >= 11 is 0. The van der Waals surface area contributed by atoms with Crippen molar-refractivity contribution in [1.29, 1.82) is 0 Å². The summed E-state index contributed by atoms with van der Waals surface area (Å²) < 4.78 is 13.0. The Kier molecular flexibility index (Phi) is 10.4. The monoisotopic (exact) mass is 601 g/mol. The fourth-order valence-corrected chi connectivity index (χ4v) is 6.92. The van der Waals surface area contributed by atoms with Crippen LogP contribution in [0.3, 0.4) is 0 Å². The number of ether oxygens (including phenoxy) is 2. The summed E-state index contributed by atoms with van der Waals surface area (Å²) in [5.41, 5.74) is 5.58. The normalized spacial score (nSPS) is 22.1. The van der Waals surface area contributed by atoms with Gasteiger partial charge in [0.25, 0.3) is 0 Å². The second-order valence-corrected chi connectivity index (χ2v) is 12.9. The van der Waals surface area contributed by atoms with Gasteiger partial charge in [-0.15, -0.1) is 0 Å². The van der Waals surface area contributed by atoms with Gasteiger partial charge in [-0.05, 0) is 119 Å². The highest BCUT2D eigenvalue weighted by molar-refractivity contribution is 5.95. The summed E-state index contributed by atoms with van der Waals surface area (Å²) in [7, 11) is 1.72. The minimum absolute atomic E-state index is 0.0920. The first-order valence-electron chi connectivity index (χ1n) is 16.2. The number of rotatable bonds is 11. The number of carboxylic acid groups (broad SMARTS) is 1. The summed E-state index contributed by atoms with van der Waals surface area (Å²) in [6.45, 7) is 6.75. The first-order valence-corrected chi connectivity index (χ1v) is 16.2. The van der Waals surface area contributed by atoms with Crippen LogP contribution < -0.4 is 9.64 Å². The molecule has 1 aromatic heterocycles. The van der Waals surface area contributed by atoms with Crippen LogP contribution in [0.2, 0.25) is 0 Å². The maximum absolute atomic E-state index is 14.2. The molecular formula is C36H47N3O5. The van der Waals surface area contributed by atoms with Crippen LogP contribution in [0, 0.1) is 18.8 Å². The van der Waals surface area contributed by atoms with E-state index in [1.165, 1.54) is 11.1 Å². The number of aryl methyl sites for hydroxylation is 1. The standard InChI is InChI=1S/C36H47N3O5/c1-24(2)39-22-31(20-37-39)29-6-5-7-32(19-29)38(36(42)28-12-15-33(16-13-28)44-23-35(40)41)21-26-8-10-27(11-9-26)30-14-17-34(43-4)25(3)18-30/h5-7,14,17-20,22,24,26-28,33H,8-13,15-16,21,23H2,1-4H3,(H,40,41). The first kappa shape index (κ1) is 31.8. The number of amides is 1. The molecule has 0 spiro atoms. The molecule has 236 valence electrons. The highest BCUT2D eigenvalue weighted by Crippen LogP contribution is 2.39. The molecule has 2 saturated carbocycles. The third-order valence-electron chi connectivity index (χ3n) is 9.53. The van der Waals surface area contributed by atoms with Gasteiger partial charge in [0.05, 0.1) is 19.4 Å². The number of anilines is 1. The lowest BCUT2D eigenvalue weighted by atomic mass is 9.78. The molecule has 0 unspecified atom stereocenters. The predicted octanol–water partition coefficient (Wildman–Crippen LogP) is 7.42. The summed E-state index contributed by atoms with van der Waals surface area (Å²) in [6, 6.07) is 15.1. The lowest BCUT2D eigenvalue weighted by Gasteiger charge is -2.36. The van der Waals surface area contributed by atoms with E-state index in [-0.39, 0.29) is 30.6 Å². The van der Waals surface area contributed by atoms with E-state index in [9.17, 15) is 9.59 Å². The third-order valence-corrected chi connectivity index (χ3v) is 9.53. The molecule has 0 bridgehead atoms. The molecule has 5 rings (SSSR count). The van der Waals surface area contributed by atoms with Crippen molar-refractivity contribution in [1.82, 2.24) is 9.78 Å². The summed E-state index contributed by atoms with van der Waals surface area (Å²) in [4.78, 5) is 27.2. The molecule has 0 aliphatic heterocycles. The van der Waals surface area contributed by atoms with Crippen LogP contribution in [-0.4, -0.2) is 53.1 Å². The van der Waals surface area contributed by atoms with E-state index in [2.05, 4.69) is 68.5 Å². The Morgan fingerprint density at radius 1 is 1.00 bits per heavy atom. The van der Waals surface area contributed by atoms with Gasteiger partial charge in [-0.1, -0.05) is 24.3 Å². The second kappa shape index (κ2) is 14.4. The Morgan fingerprint density at radius 2 is 1.75 bits per heavy atom. The molecule has 44 heavy (non-hydrogen) atoms. The van der Waals surface area contributed by atoms with E-state index < -0.39 is 5.97 Å². The van der Waals surface area contributed by atoms with Crippen LogP contribution in [0.25, 0.3) is 11.1 Å². The number of methoxy groups -OCH3 is 1. The Labute approximate surface area is 261 Å². The molecule has 1 N–H and O–H groups in total. The Balaban J connectivity index is 1.31. The molecule has 2 aromatic carbocycles. The highest BCUT2D eigenvalue weighted by Gasteiger charge is 2.33. The second-order valence-electron chi connectivity index (χ2n) is 12.9. The molecule has 0 radical (unpaired) electrons. The molecule has 1 amide bonds. The molecule has 8 nitrogen and oxygen atoms in total. The zero-order chi connectivity index (χ0) is 31.2. The van der Waals surface area contributed by atoms with Crippen molar-refractivity contribution in [3.8, 4) is 16.9 Å². The van der Waals surface area contributed by atoms with Crippen molar-refractivity contribution in [3.63, 3.8) is 0 Å². The number of hydrogen-bond acceptors (Lipinski definition) is 5. The molecule has 2 aliphatic rings. The quantitative estimate of drug-likeness (QED) is 0.246. The van der Waals surface area contributed by atoms with Gasteiger partial charge in [0, 0.05) is 36.0 Å². The average molecular weight is 602 g/mol. The summed E-state index contributed by atoms with van der Waals surface area (Å²) in [5.74, 6) is 1.01. The largest absolute Gasteiger partial charge is 0.496 e. The zero-order valence-corrected chi connectivity index (χ0v) is 26.6. The van der Waals surface area contributed by atoms with Crippen molar-refractivity contribution < 1.29 is 24.2 Å². The molecule has 2 fully saturated rings. The topological polar surface area (TPSA) is 93.9 Å². The Bertz CT molecular complexity index is 1420. The molecule has 0 atom stereocenters. The maximum Gasteiger partial charge on any atom is 0.329 e. The van der Waals surface area contributed by atoms with Crippen LogP contribution in [0.5, 0.6) is 5.75 Å². The van der Waals surface area contributed by atoms with E-state index >= 15 is 0 Å². The molecular weight excluding hydrogens is 554 g/mol. The molecule has 2 aliphatic carbocycles. The number of carbonyl (C=O) groups excluding carboxylic acids is 1. The van der Waals surface area contributed by atoms with Crippen LogP contribution >= 0.6 is 0 Å². The smallest absolute Gasteiger partial charge is 0.329 e. The van der Waals surface area contributed by atoms with E-state index in [1.807, 2.05) is 21.8 Å². The first-order chi connectivity index (χ1) is 21.2. The zero-order valence-electron chi connectivity index (χ0n) is 26.6.